The zero-order valence-electron chi connectivity index (χ0n) is 17.6. The van der Waals surface area contributed by atoms with E-state index in [1.807, 2.05) is 24.3 Å². The maximum absolute atomic E-state index is 13.4. The average Bonchev–Trinajstić information content (AvgIpc) is 3.05. The molecule has 7 heteroatoms. The lowest BCUT2D eigenvalue weighted by Crippen LogP contribution is -2.32. The molecule has 3 aromatic rings. The largest absolute Gasteiger partial charge is 0.493 e. The Morgan fingerprint density at radius 2 is 1.53 bits per heavy atom. The molecule has 0 fully saturated rings. The molecule has 0 spiro atoms. The molecule has 1 aliphatic rings. The van der Waals surface area contributed by atoms with E-state index in [0.717, 1.165) is 0 Å². The van der Waals surface area contributed by atoms with Crippen LogP contribution in [0.15, 0.2) is 78.5 Å². The molecule has 0 radical (unpaired) electrons. The highest BCUT2D eigenvalue weighted by Crippen LogP contribution is 2.35. The van der Waals surface area contributed by atoms with Crippen LogP contribution < -0.4 is 14.8 Å². The SMILES string of the molecule is COc1ccc(NC2=C(c3ccccc3)C(=O)N(Cc3ccccc3Cl)C2=O)cc1OC. The first-order valence-electron chi connectivity index (χ1n) is 9.92. The predicted molar refractivity (Wildman–Crippen MR) is 124 cm³/mol. The molecule has 0 saturated carbocycles. The smallest absolute Gasteiger partial charge is 0.278 e. The van der Waals surface area contributed by atoms with Gasteiger partial charge < -0.3 is 14.8 Å². The van der Waals surface area contributed by atoms with Gasteiger partial charge in [0.15, 0.2) is 11.5 Å². The molecule has 162 valence electrons. The number of nitrogens with one attached hydrogen (secondary N) is 1. The molecule has 0 atom stereocenters. The van der Waals surface area contributed by atoms with Gasteiger partial charge in [-0.3, -0.25) is 14.5 Å². The lowest BCUT2D eigenvalue weighted by atomic mass is 10.0. The van der Waals surface area contributed by atoms with E-state index in [2.05, 4.69) is 5.32 Å². The molecule has 1 heterocycles. The molecule has 1 N–H and O–H groups in total. The van der Waals surface area contributed by atoms with Crippen LogP contribution in [0.25, 0.3) is 5.57 Å². The quantitative estimate of drug-likeness (QED) is 0.528. The van der Waals surface area contributed by atoms with Gasteiger partial charge in [-0.25, -0.2) is 0 Å². The van der Waals surface area contributed by atoms with Crippen molar-refractivity contribution in [2.45, 2.75) is 6.54 Å². The first-order chi connectivity index (χ1) is 15.5. The fraction of sp³-hybridized carbons (Fsp3) is 0.120. The Labute approximate surface area is 191 Å². The highest BCUT2D eigenvalue weighted by molar-refractivity contribution is 6.36. The molecule has 2 amide bonds. The second kappa shape index (κ2) is 9.16. The van der Waals surface area contributed by atoms with Crippen molar-refractivity contribution < 1.29 is 19.1 Å². The maximum Gasteiger partial charge on any atom is 0.278 e. The van der Waals surface area contributed by atoms with Crippen LogP contribution in [0.1, 0.15) is 11.1 Å². The van der Waals surface area contributed by atoms with Crippen LogP contribution in [-0.2, 0) is 16.1 Å². The molecule has 0 unspecified atom stereocenters. The third-order valence-corrected chi connectivity index (χ3v) is 5.54. The van der Waals surface area contributed by atoms with E-state index in [9.17, 15) is 9.59 Å². The number of amides is 2. The van der Waals surface area contributed by atoms with Gasteiger partial charge >= 0.3 is 0 Å². The Balaban J connectivity index is 1.74. The minimum absolute atomic E-state index is 0.0742. The average molecular weight is 449 g/mol. The number of hydrogen-bond donors (Lipinski definition) is 1. The van der Waals surface area contributed by atoms with Crippen LogP contribution in [0.5, 0.6) is 11.5 Å². The number of carbonyl (C=O) groups excluding carboxylic acids is 2. The zero-order chi connectivity index (χ0) is 22.7. The van der Waals surface area contributed by atoms with Crippen LogP contribution in [-0.4, -0.2) is 30.9 Å². The number of benzene rings is 3. The summed E-state index contributed by atoms with van der Waals surface area (Å²) >= 11 is 6.28. The van der Waals surface area contributed by atoms with Gasteiger partial charge in [0, 0.05) is 16.8 Å². The second-order valence-electron chi connectivity index (χ2n) is 7.10. The first-order valence-corrected chi connectivity index (χ1v) is 10.3. The van der Waals surface area contributed by atoms with Crippen molar-refractivity contribution in [3.63, 3.8) is 0 Å². The number of nitrogens with zero attached hydrogens (tertiary/aromatic N) is 1. The van der Waals surface area contributed by atoms with Crippen LogP contribution in [0.4, 0.5) is 5.69 Å². The fourth-order valence-electron chi connectivity index (χ4n) is 3.56. The van der Waals surface area contributed by atoms with Crippen LogP contribution in [0.2, 0.25) is 5.02 Å². The minimum atomic E-state index is -0.427. The summed E-state index contributed by atoms with van der Waals surface area (Å²) in [4.78, 5) is 28.0. The number of ether oxygens (including phenoxy) is 2. The van der Waals surface area contributed by atoms with E-state index < -0.39 is 5.91 Å². The summed E-state index contributed by atoms with van der Waals surface area (Å²) in [5.41, 5.74) is 2.43. The van der Waals surface area contributed by atoms with Gasteiger partial charge in [0.1, 0.15) is 5.70 Å². The van der Waals surface area contributed by atoms with Crippen molar-refractivity contribution in [2.24, 2.45) is 0 Å². The number of anilines is 1. The number of hydrogen-bond acceptors (Lipinski definition) is 5. The number of rotatable bonds is 7. The molecule has 0 aromatic heterocycles. The lowest BCUT2D eigenvalue weighted by Gasteiger charge is -2.16. The Kier molecular flexibility index (Phi) is 6.14. The molecule has 0 bridgehead atoms. The summed E-state index contributed by atoms with van der Waals surface area (Å²) in [6, 6.07) is 21.5. The normalized spacial score (nSPS) is 13.5. The Hall–Kier alpha value is -3.77. The Morgan fingerprint density at radius 3 is 2.22 bits per heavy atom. The van der Waals surface area contributed by atoms with Gasteiger partial charge in [-0.15, -0.1) is 0 Å². The van der Waals surface area contributed by atoms with Crippen LogP contribution in [0.3, 0.4) is 0 Å². The van der Waals surface area contributed by atoms with Crippen molar-refractivity contribution in [1.82, 2.24) is 4.90 Å². The van der Waals surface area contributed by atoms with Crippen molar-refractivity contribution in [2.75, 3.05) is 19.5 Å². The van der Waals surface area contributed by atoms with Crippen molar-refractivity contribution >= 4 is 34.7 Å². The zero-order valence-corrected chi connectivity index (χ0v) is 18.3. The minimum Gasteiger partial charge on any atom is -0.493 e. The van der Waals surface area contributed by atoms with Gasteiger partial charge in [0.05, 0.1) is 26.3 Å². The van der Waals surface area contributed by atoms with E-state index in [4.69, 9.17) is 21.1 Å². The van der Waals surface area contributed by atoms with Gasteiger partial charge in [0.2, 0.25) is 0 Å². The number of imide groups is 1. The molecule has 0 saturated heterocycles. The second-order valence-corrected chi connectivity index (χ2v) is 7.51. The van der Waals surface area contributed by atoms with Crippen molar-refractivity contribution in [1.29, 1.82) is 0 Å². The Bertz CT molecular complexity index is 1210. The highest BCUT2D eigenvalue weighted by atomic mass is 35.5. The molecule has 1 aliphatic heterocycles. The summed E-state index contributed by atoms with van der Waals surface area (Å²) in [7, 11) is 3.08. The summed E-state index contributed by atoms with van der Waals surface area (Å²) in [6.45, 7) is 0.0742. The van der Waals surface area contributed by atoms with E-state index in [1.165, 1.54) is 12.0 Å². The van der Waals surface area contributed by atoms with E-state index in [-0.39, 0.29) is 18.1 Å². The number of carbonyl (C=O) groups is 2. The summed E-state index contributed by atoms with van der Waals surface area (Å²) in [6.07, 6.45) is 0. The van der Waals surface area contributed by atoms with E-state index in [1.54, 1.807) is 55.6 Å². The fourth-order valence-corrected chi connectivity index (χ4v) is 3.76. The van der Waals surface area contributed by atoms with Crippen molar-refractivity contribution in [3.8, 4) is 11.5 Å². The summed E-state index contributed by atoms with van der Waals surface area (Å²) in [5, 5.41) is 3.62. The third-order valence-electron chi connectivity index (χ3n) is 5.17. The van der Waals surface area contributed by atoms with Gasteiger partial charge in [-0.1, -0.05) is 60.1 Å². The Morgan fingerprint density at radius 1 is 0.844 bits per heavy atom. The third kappa shape index (κ3) is 4.05. The predicted octanol–water partition coefficient (Wildman–Crippen LogP) is 4.75. The van der Waals surface area contributed by atoms with Crippen molar-refractivity contribution in [3.05, 3.63) is 94.6 Å². The topological polar surface area (TPSA) is 67.9 Å². The monoisotopic (exact) mass is 448 g/mol. The van der Waals surface area contributed by atoms with E-state index >= 15 is 0 Å². The standard InChI is InChI=1S/C25H21ClN2O4/c1-31-20-13-12-18(14-21(20)32-2)27-23-22(16-8-4-3-5-9-16)24(29)28(25(23)30)15-17-10-6-7-11-19(17)26/h3-14,27H,15H2,1-2H3. The number of methoxy groups -OCH3 is 2. The summed E-state index contributed by atoms with van der Waals surface area (Å²) in [5.74, 6) is 0.251. The highest BCUT2D eigenvalue weighted by Gasteiger charge is 2.39. The van der Waals surface area contributed by atoms with Crippen LogP contribution >= 0.6 is 11.6 Å². The molecular weight excluding hydrogens is 428 g/mol. The summed E-state index contributed by atoms with van der Waals surface area (Å²) < 4.78 is 10.6. The maximum atomic E-state index is 13.4. The van der Waals surface area contributed by atoms with Gasteiger partial charge in [0.25, 0.3) is 11.8 Å². The molecule has 3 aromatic carbocycles. The molecule has 6 nitrogen and oxygen atoms in total. The first kappa shape index (κ1) is 21.5. The molecule has 4 rings (SSSR count). The van der Waals surface area contributed by atoms with Crippen LogP contribution in [0, 0.1) is 0 Å². The van der Waals surface area contributed by atoms with Gasteiger partial charge in [-0.05, 0) is 29.3 Å². The molecule has 32 heavy (non-hydrogen) atoms. The van der Waals surface area contributed by atoms with Gasteiger partial charge in [-0.2, -0.15) is 0 Å². The molecular formula is C25H21ClN2O4. The lowest BCUT2D eigenvalue weighted by molar-refractivity contribution is -0.137. The molecule has 0 aliphatic carbocycles. The number of halogens is 1. The van der Waals surface area contributed by atoms with E-state index in [0.29, 0.717) is 38.9 Å².